The molecule has 1 atom stereocenters. The van der Waals surface area contributed by atoms with Gasteiger partial charge in [0, 0.05) is 12.1 Å². The van der Waals surface area contributed by atoms with Crippen LogP contribution in [0.4, 0.5) is 0 Å². The first-order valence-electron chi connectivity index (χ1n) is 11.8. The number of ether oxygens (including phenoxy) is 3. The number of hydrogen-bond acceptors (Lipinski definition) is 6. The van der Waals surface area contributed by atoms with E-state index in [0.29, 0.717) is 41.5 Å². The third kappa shape index (κ3) is 4.06. The summed E-state index contributed by atoms with van der Waals surface area (Å²) in [5.74, 6) is 2.40. The number of carbonyl (C=O) groups excluding carboxylic acids is 1. The predicted molar refractivity (Wildman–Crippen MR) is 136 cm³/mol. The number of carbonyl (C=O) groups is 1. The van der Waals surface area contributed by atoms with Gasteiger partial charge in [-0.05, 0) is 54.3 Å². The van der Waals surface area contributed by atoms with Gasteiger partial charge in [-0.1, -0.05) is 47.6 Å². The summed E-state index contributed by atoms with van der Waals surface area (Å²) >= 11 is 0. The lowest BCUT2D eigenvalue weighted by Crippen LogP contribution is -2.41. The van der Waals surface area contributed by atoms with E-state index in [9.17, 15) is 4.79 Å². The number of benzene rings is 3. The minimum absolute atomic E-state index is 0.131. The molecule has 2 heterocycles. The molecule has 0 N–H and O–H groups in total. The van der Waals surface area contributed by atoms with E-state index in [1.165, 1.54) is 0 Å². The second-order valence-corrected chi connectivity index (χ2v) is 8.66. The van der Waals surface area contributed by atoms with Gasteiger partial charge < -0.3 is 23.6 Å². The van der Waals surface area contributed by atoms with E-state index in [2.05, 4.69) is 5.16 Å². The summed E-state index contributed by atoms with van der Waals surface area (Å²) in [6.07, 6.45) is 0.680. The minimum atomic E-state index is -0.343. The van der Waals surface area contributed by atoms with E-state index in [1.807, 2.05) is 71.6 Å². The van der Waals surface area contributed by atoms with Crippen molar-refractivity contribution < 1.29 is 23.5 Å². The van der Waals surface area contributed by atoms with Crippen LogP contribution in [0.5, 0.6) is 17.2 Å². The molecular formula is C29H28N2O5. The van der Waals surface area contributed by atoms with Crippen molar-refractivity contribution in [2.45, 2.75) is 19.4 Å². The van der Waals surface area contributed by atoms with Gasteiger partial charge in [-0.2, -0.15) is 0 Å². The Morgan fingerprint density at radius 3 is 2.31 bits per heavy atom. The summed E-state index contributed by atoms with van der Waals surface area (Å²) in [7, 11) is 4.88. The normalized spacial score (nSPS) is 14.8. The van der Waals surface area contributed by atoms with Crippen LogP contribution in [-0.4, -0.2) is 43.8 Å². The van der Waals surface area contributed by atoms with Crippen LogP contribution in [-0.2, 0) is 6.42 Å². The maximum atomic E-state index is 14.2. The highest BCUT2D eigenvalue weighted by Crippen LogP contribution is 2.42. The van der Waals surface area contributed by atoms with E-state index in [-0.39, 0.29) is 11.9 Å². The fourth-order valence-electron chi connectivity index (χ4n) is 4.87. The van der Waals surface area contributed by atoms with Crippen molar-refractivity contribution in [2.75, 3.05) is 27.9 Å². The molecule has 0 saturated heterocycles. The minimum Gasteiger partial charge on any atom is -0.497 e. The Balaban J connectivity index is 1.64. The topological polar surface area (TPSA) is 74.0 Å². The summed E-state index contributed by atoms with van der Waals surface area (Å²) in [5.41, 5.74) is 4.93. The molecule has 7 nitrogen and oxygen atoms in total. The maximum absolute atomic E-state index is 14.2. The summed E-state index contributed by atoms with van der Waals surface area (Å²) in [6.45, 7) is 2.30. The molecule has 3 aromatic carbocycles. The molecule has 1 aromatic heterocycles. The SMILES string of the molecule is COc1ccc(C2c3cc(OC)c(OC)cc3CCN2C(=O)c2c(-c3ccccc3)noc2C)cc1. The molecule has 4 aromatic rings. The lowest BCUT2D eigenvalue weighted by atomic mass is 9.87. The van der Waals surface area contributed by atoms with Gasteiger partial charge in [-0.25, -0.2) is 0 Å². The lowest BCUT2D eigenvalue weighted by molar-refractivity contribution is 0.0693. The standard InChI is InChI=1S/C29H28N2O5/c1-18-26(27(30-36-18)19-8-6-5-7-9-19)29(32)31-15-14-21-16-24(34-3)25(35-4)17-23(21)28(31)20-10-12-22(33-2)13-11-20/h5-13,16-17,28H,14-15H2,1-4H3. The van der Waals surface area contributed by atoms with E-state index >= 15 is 0 Å². The van der Waals surface area contributed by atoms with Crippen LogP contribution in [0.2, 0.25) is 0 Å². The molecule has 7 heteroatoms. The van der Waals surface area contributed by atoms with Crippen molar-refractivity contribution >= 4 is 5.91 Å². The predicted octanol–water partition coefficient (Wildman–Crippen LogP) is 5.46. The highest BCUT2D eigenvalue weighted by atomic mass is 16.5. The van der Waals surface area contributed by atoms with Gasteiger partial charge in [0.05, 0.1) is 27.4 Å². The molecule has 0 fully saturated rings. The third-order valence-corrected chi connectivity index (χ3v) is 6.69. The molecule has 0 aliphatic carbocycles. The highest BCUT2D eigenvalue weighted by molar-refractivity contribution is 6.01. The number of hydrogen-bond donors (Lipinski definition) is 0. The number of aryl methyl sites for hydroxylation is 1. The quantitative estimate of drug-likeness (QED) is 0.362. The molecule has 0 bridgehead atoms. The van der Waals surface area contributed by atoms with Crippen molar-refractivity contribution in [3.63, 3.8) is 0 Å². The Bertz CT molecular complexity index is 1380. The van der Waals surface area contributed by atoms with E-state index in [1.54, 1.807) is 28.3 Å². The fraction of sp³-hybridized carbons (Fsp3) is 0.241. The van der Waals surface area contributed by atoms with Gasteiger partial charge in [-0.15, -0.1) is 0 Å². The average molecular weight is 485 g/mol. The molecule has 0 saturated carbocycles. The second-order valence-electron chi connectivity index (χ2n) is 8.66. The zero-order chi connectivity index (χ0) is 25.2. The Kier molecular flexibility index (Phi) is 6.38. The summed E-state index contributed by atoms with van der Waals surface area (Å²) in [6, 6.07) is 21.1. The molecular weight excluding hydrogens is 456 g/mol. The molecule has 1 unspecified atom stereocenters. The third-order valence-electron chi connectivity index (χ3n) is 6.69. The number of amides is 1. The zero-order valence-electron chi connectivity index (χ0n) is 20.8. The number of methoxy groups -OCH3 is 3. The average Bonchev–Trinajstić information content (AvgIpc) is 3.32. The number of aromatic nitrogens is 1. The molecule has 0 radical (unpaired) electrons. The van der Waals surface area contributed by atoms with E-state index < -0.39 is 0 Å². The first-order chi connectivity index (χ1) is 17.5. The van der Waals surface area contributed by atoms with Crippen LogP contribution in [0.15, 0.2) is 71.3 Å². The first-order valence-corrected chi connectivity index (χ1v) is 11.8. The summed E-state index contributed by atoms with van der Waals surface area (Å²) in [4.78, 5) is 16.1. The van der Waals surface area contributed by atoms with Gasteiger partial charge in [0.2, 0.25) is 0 Å². The van der Waals surface area contributed by atoms with Crippen LogP contribution in [0.1, 0.15) is 38.9 Å². The zero-order valence-corrected chi connectivity index (χ0v) is 20.8. The fourth-order valence-corrected chi connectivity index (χ4v) is 4.87. The van der Waals surface area contributed by atoms with Crippen molar-refractivity contribution in [1.82, 2.24) is 10.1 Å². The Hall–Kier alpha value is -4.26. The van der Waals surface area contributed by atoms with Crippen LogP contribution < -0.4 is 14.2 Å². The maximum Gasteiger partial charge on any atom is 0.260 e. The summed E-state index contributed by atoms with van der Waals surface area (Å²) in [5, 5.41) is 4.24. The number of nitrogens with zero attached hydrogens (tertiary/aromatic N) is 2. The van der Waals surface area contributed by atoms with Crippen molar-refractivity contribution in [3.05, 3.63) is 94.7 Å². The summed E-state index contributed by atoms with van der Waals surface area (Å²) < 4.78 is 22.0. The molecule has 0 spiro atoms. The van der Waals surface area contributed by atoms with Crippen LogP contribution >= 0.6 is 0 Å². The van der Waals surface area contributed by atoms with Gasteiger partial charge in [0.15, 0.2) is 11.5 Å². The molecule has 36 heavy (non-hydrogen) atoms. The van der Waals surface area contributed by atoms with Gasteiger partial charge in [-0.3, -0.25) is 4.79 Å². The number of fused-ring (bicyclic) bond motifs is 1. The second kappa shape index (κ2) is 9.77. The van der Waals surface area contributed by atoms with Crippen molar-refractivity contribution in [3.8, 4) is 28.5 Å². The molecule has 5 rings (SSSR count). The first kappa shape index (κ1) is 23.5. The molecule has 1 aliphatic rings. The largest absolute Gasteiger partial charge is 0.497 e. The van der Waals surface area contributed by atoms with Gasteiger partial charge >= 0.3 is 0 Å². The van der Waals surface area contributed by atoms with Crippen LogP contribution in [0.3, 0.4) is 0 Å². The monoisotopic (exact) mass is 484 g/mol. The Labute approximate surface area is 210 Å². The Morgan fingerprint density at radius 1 is 0.944 bits per heavy atom. The van der Waals surface area contributed by atoms with Gasteiger partial charge in [0.1, 0.15) is 22.8 Å². The Morgan fingerprint density at radius 2 is 1.64 bits per heavy atom. The van der Waals surface area contributed by atoms with Crippen LogP contribution in [0.25, 0.3) is 11.3 Å². The molecule has 1 amide bonds. The molecule has 184 valence electrons. The van der Waals surface area contributed by atoms with Crippen molar-refractivity contribution in [1.29, 1.82) is 0 Å². The van der Waals surface area contributed by atoms with E-state index in [4.69, 9.17) is 18.7 Å². The van der Waals surface area contributed by atoms with Crippen LogP contribution in [0, 0.1) is 6.92 Å². The highest BCUT2D eigenvalue weighted by Gasteiger charge is 2.36. The van der Waals surface area contributed by atoms with E-state index in [0.717, 1.165) is 28.0 Å². The molecule has 1 aliphatic heterocycles. The lowest BCUT2D eigenvalue weighted by Gasteiger charge is -2.38. The van der Waals surface area contributed by atoms with Crippen molar-refractivity contribution in [2.24, 2.45) is 0 Å². The number of rotatable bonds is 6. The van der Waals surface area contributed by atoms with Gasteiger partial charge in [0.25, 0.3) is 5.91 Å². The smallest absolute Gasteiger partial charge is 0.260 e.